The van der Waals surface area contributed by atoms with Crippen molar-refractivity contribution < 1.29 is 4.79 Å². The average Bonchev–Trinajstić information content (AvgIpc) is 2.66. The van der Waals surface area contributed by atoms with Crippen molar-refractivity contribution in [3.8, 4) is 0 Å². The second-order valence-corrected chi connectivity index (χ2v) is 5.85. The minimum absolute atomic E-state index is 0.0660. The summed E-state index contributed by atoms with van der Waals surface area (Å²) in [4.78, 5) is 12.6. The summed E-state index contributed by atoms with van der Waals surface area (Å²) in [5.41, 5.74) is 0. The largest absolute Gasteiger partial charge is 0.348 e. The van der Waals surface area contributed by atoms with E-state index in [1.807, 2.05) is 11.4 Å². The summed E-state index contributed by atoms with van der Waals surface area (Å²) in [6.45, 7) is 2.11. The first-order valence-corrected chi connectivity index (χ1v) is 6.69. The Labute approximate surface area is 100 Å². The summed E-state index contributed by atoms with van der Waals surface area (Å²) in [5, 5.41) is 8.34. The molecule has 1 aliphatic heterocycles. The van der Waals surface area contributed by atoms with Crippen LogP contribution in [-0.4, -0.2) is 25.0 Å². The summed E-state index contributed by atoms with van der Waals surface area (Å²) in [7, 11) is 0. The van der Waals surface area contributed by atoms with Crippen molar-refractivity contribution >= 4 is 33.2 Å². The standard InChI is InChI=1S/C10H11BrN2OS/c11-7-1-2-15-9(7)10(14)13-8-5-3-12-4-6(5)8/h1-2,5-6,8,12H,3-4H2,(H,13,14). The van der Waals surface area contributed by atoms with Gasteiger partial charge in [0.15, 0.2) is 0 Å². The lowest BCUT2D eigenvalue weighted by atomic mass is 10.4. The highest BCUT2D eigenvalue weighted by Gasteiger charge is 2.53. The average molecular weight is 287 g/mol. The van der Waals surface area contributed by atoms with Crippen molar-refractivity contribution in [1.82, 2.24) is 10.6 Å². The minimum atomic E-state index is 0.0660. The quantitative estimate of drug-likeness (QED) is 0.864. The lowest BCUT2D eigenvalue weighted by molar-refractivity contribution is 0.0950. The predicted molar refractivity (Wildman–Crippen MR) is 63.1 cm³/mol. The number of amides is 1. The first-order valence-electron chi connectivity index (χ1n) is 5.02. The topological polar surface area (TPSA) is 41.1 Å². The molecule has 1 aromatic heterocycles. The van der Waals surface area contributed by atoms with Crippen LogP contribution in [0, 0.1) is 11.8 Å². The van der Waals surface area contributed by atoms with Crippen molar-refractivity contribution in [3.63, 3.8) is 0 Å². The Kier molecular flexibility index (Phi) is 2.34. The maximum Gasteiger partial charge on any atom is 0.262 e. The normalized spacial score (nSPS) is 32.5. The van der Waals surface area contributed by atoms with Crippen LogP contribution < -0.4 is 10.6 Å². The lowest BCUT2D eigenvalue weighted by Gasteiger charge is -2.06. The maximum absolute atomic E-state index is 11.9. The van der Waals surface area contributed by atoms with E-state index in [4.69, 9.17) is 0 Å². The molecule has 3 nitrogen and oxygen atoms in total. The third-order valence-electron chi connectivity index (χ3n) is 3.21. The zero-order valence-corrected chi connectivity index (χ0v) is 10.4. The molecular weight excluding hydrogens is 276 g/mol. The fraction of sp³-hybridized carbons (Fsp3) is 0.500. The van der Waals surface area contributed by atoms with Gasteiger partial charge in [-0.2, -0.15) is 0 Å². The summed E-state index contributed by atoms with van der Waals surface area (Å²) in [6, 6.07) is 2.32. The second-order valence-electron chi connectivity index (χ2n) is 4.08. The Morgan fingerprint density at radius 3 is 2.87 bits per heavy atom. The van der Waals surface area contributed by atoms with Gasteiger partial charge in [-0.15, -0.1) is 11.3 Å². The van der Waals surface area contributed by atoms with Gasteiger partial charge in [0, 0.05) is 23.6 Å². The third kappa shape index (κ3) is 1.62. The molecule has 2 unspecified atom stereocenters. The van der Waals surface area contributed by atoms with Gasteiger partial charge in [-0.05, 0) is 39.2 Å². The minimum Gasteiger partial charge on any atom is -0.348 e. The highest BCUT2D eigenvalue weighted by molar-refractivity contribution is 9.10. The van der Waals surface area contributed by atoms with Crippen molar-refractivity contribution in [3.05, 3.63) is 20.8 Å². The summed E-state index contributed by atoms with van der Waals surface area (Å²) >= 11 is 4.86. The number of halogens is 1. The molecule has 2 atom stereocenters. The van der Waals surface area contributed by atoms with Gasteiger partial charge in [0.05, 0.1) is 0 Å². The zero-order chi connectivity index (χ0) is 10.4. The van der Waals surface area contributed by atoms with Gasteiger partial charge in [-0.25, -0.2) is 0 Å². The smallest absolute Gasteiger partial charge is 0.262 e. The van der Waals surface area contributed by atoms with Crippen LogP contribution in [0.5, 0.6) is 0 Å². The SMILES string of the molecule is O=C(NC1C2CNCC21)c1sccc1Br. The number of carbonyl (C=O) groups excluding carboxylic acids is 1. The van der Waals surface area contributed by atoms with E-state index in [-0.39, 0.29) is 5.91 Å². The van der Waals surface area contributed by atoms with E-state index in [0.29, 0.717) is 17.9 Å². The molecule has 2 fully saturated rings. The van der Waals surface area contributed by atoms with Crippen LogP contribution in [0.2, 0.25) is 0 Å². The van der Waals surface area contributed by atoms with Gasteiger partial charge in [-0.1, -0.05) is 0 Å². The number of carbonyl (C=O) groups is 1. The number of piperidine rings is 1. The van der Waals surface area contributed by atoms with Crippen LogP contribution in [-0.2, 0) is 0 Å². The fourth-order valence-corrected chi connectivity index (χ4v) is 3.76. The lowest BCUT2D eigenvalue weighted by Crippen LogP contribution is -2.32. The van der Waals surface area contributed by atoms with Crippen LogP contribution in [0.25, 0.3) is 0 Å². The van der Waals surface area contributed by atoms with Gasteiger partial charge < -0.3 is 10.6 Å². The number of fused-ring (bicyclic) bond motifs is 1. The monoisotopic (exact) mass is 286 g/mol. The molecule has 0 radical (unpaired) electrons. The van der Waals surface area contributed by atoms with E-state index in [1.165, 1.54) is 11.3 Å². The molecule has 1 saturated carbocycles. The number of nitrogens with one attached hydrogen (secondary N) is 2. The second kappa shape index (κ2) is 3.57. The summed E-state index contributed by atoms with van der Waals surface area (Å²) in [6.07, 6.45) is 0. The number of hydrogen-bond acceptors (Lipinski definition) is 3. The molecule has 2 aliphatic rings. The molecule has 2 N–H and O–H groups in total. The predicted octanol–water partition coefficient (Wildman–Crippen LogP) is 1.46. The van der Waals surface area contributed by atoms with Crippen LogP contribution in [0.3, 0.4) is 0 Å². The van der Waals surface area contributed by atoms with Crippen molar-refractivity contribution in [2.24, 2.45) is 11.8 Å². The van der Waals surface area contributed by atoms with Gasteiger partial charge in [0.2, 0.25) is 0 Å². The van der Waals surface area contributed by atoms with Gasteiger partial charge in [-0.3, -0.25) is 4.79 Å². The molecule has 2 heterocycles. The van der Waals surface area contributed by atoms with Gasteiger partial charge >= 0.3 is 0 Å². The molecule has 0 bridgehead atoms. The van der Waals surface area contributed by atoms with Gasteiger partial charge in [0.1, 0.15) is 4.88 Å². The molecule has 1 aliphatic carbocycles. The molecule has 80 valence electrons. The van der Waals surface area contributed by atoms with Crippen molar-refractivity contribution in [2.45, 2.75) is 6.04 Å². The Morgan fingerprint density at radius 1 is 1.53 bits per heavy atom. The Bertz CT molecular complexity index is 396. The number of thiophene rings is 1. The molecule has 15 heavy (non-hydrogen) atoms. The van der Waals surface area contributed by atoms with E-state index in [9.17, 15) is 4.79 Å². The summed E-state index contributed by atoms with van der Waals surface area (Å²) in [5.74, 6) is 1.41. The zero-order valence-electron chi connectivity index (χ0n) is 8.00. The first-order chi connectivity index (χ1) is 7.27. The van der Waals surface area contributed by atoms with E-state index < -0.39 is 0 Å². The molecule has 0 aromatic carbocycles. The van der Waals surface area contributed by atoms with E-state index in [2.05, 4.69) is 26.6 Å². The molecule has 3 rings (SSSR count). The fourth-order valence-electron chi connectivity index (χ4n) is 2.31. The molecule has 1 aromatic rings. The van der Waals surface area contributed by atoms with E-state index in [0.717, 1.165) is 22.4 Å². The van der Waals surface area contributed by atoms with E-state index in [1.54, 1.807) is 0 Å². The van der Waals surface area contributed by atoms with Crippen LogP contribution >= 0.6 is 27.3 Å². The molecule has 1 amide bonds. The van der Waals surface area contributed by atoms with Crippen LogP contribution in [0.1, 0.15) is 9.67 Å². The molecular formula is C10H11BrN2OS. The van der Waals surface area contributed by atoms with Crippen LogP contribution in [0.4, 0.5) is 0 Å². The highest BCUT2D eigenvalue weighted by Crippen LogP contribution is 2.41. The highest BCUT2D eigenvalue weighted by atomic mass is 79.9. The third-order valence-corrected chi connectivity index (χ3v) is 5.05. The van der Waals surface area contributed by atoms with E-state index >= 15 is 0 Å². The Hall–Kier alpha value is -0.390. The van der Waals surface area contributed by atoms with Crippen molar-refractivity contribution in [1.29, 1.82) is 0 Å². The number of rotatable bonds is 2. The first kappa shape index (κ1) is 9.81. The molecule has 1 saturated heterocycles. The molecule has 5 heteroatoms. The summed E-state index contributed by atoms with van der Waals surface area (Å²) < 4.78 is 0.897. The Morgan fingerprint density at radius 2 is 2.27 bits per heavy atom. The van der Waals surface area contributed by atoms with Crippen LogP contribution in [0.15, 0.2) is 15.9 Å². The maximum atomic E-state index is 11.9. The Balaban J connectivity index is 1.65. The molecule has 0 spiro atoms. The number of hydrogen-bond donors (Lipinski definition) is 2. The van der Waals surface area contributed by atoms with Gasteiger partial charge in [0.25, 0.3) is 5.91 Å². The van der Waals surface area contributed by atoms with Crippen molar-refractivity contribution in [2.75, 3.05) is 13.1 Å².